The van der Waals surface area contributed by atoms with Crippen LogP contribution in [-0.2, 0) is 0 Å². The van der Waals surface area contributed by atoms with Gasteiger partial charge in [-0.15, -0.1) is 0 Å². The largest absolute Gasteiger partial charge is 0.355 e. The maximum absolute atomic E-state index is 12.0. The van der Waals surface area contributed by atoms with Gasteiger partial charge < -0.3 is 15.2 Å². The Kier molecular flexibility index (Phi) is 4.25. The van der Waals surface area contributed by atoms with Crippen molar-refractivity contribution in [3.8, 4) is 11.3 Å². The first kappa shape index (κ1) is 13.8. The van der Waals surface area contributed by atoms with E-state index in [2.05, 4.69) is 20.8 Å². The average Bonchev–Trinajstić information content (AvgIpc) is 3.20. The first-order valence-electron chi connectivity index (χ1n) is 7.19. The van der Waals surface area contributed by atoms with E-state index < -0.39 is 0 Å². The molecule has 0 aliphatic carbocycles. The molecule has 6 nitrogen and oxygen atoms in total. The monoisotopic (exact) mass is 286 g/mol. The predicted octanol–water partition coefficient (Wildman–Crippen LogP) is 1.47. The molecule has 0 radical (unpaired) electrons. The van der Waals surface area contributed by atoms with Crippen molar-refractivity contribution in [3.05, 3.63) is 36.3 Å². The highest BCUT2D eigenvalue weighted by Crippen LogP contribution is 2.19. The lowest BCUT2D eigenvalue weighted by Crippen LogP contribution is -2.26. The second-order valence-electron chi connectivity index (χ2n) is 5.22. The Hall–Kier alpha value is -2.21. The van der Waals surface area contributed by atoms with Crippen LogP contribution in [0.3, 0.4) is 0 Å². The molecule has 1 saturated heterocycles. The number of carbonyl (C=O) groups is 1. The summed E-state index contributed by atoms with van der Waals surface area (Å²) in [5.41, 5.74) is 1.17. The highest BCUT2D eigenvalue weighted by Gasteiger charge is 2.16. The van der Waals surface area contributed by atoms with E-state index in [9.17, 15) is 4.79 Å². The zero-order valence-electron chi connectivity index (χ0n) is 11.7. The first-order valence-corrected chi connectivity index (χ1v) is 7.19. The summed E-state index contributed by atoms with van der Waals surface area (Å²) < 4.78 is 5.20. The lowest BCUT2D eigenvalue weighted by molar-refractivity contribution is 0.0942. The van der Waals surface area contributed by atoms with Crippen LogP contribution in [0.2, 0.25) is 0 Å². The molecule has 2 aromatic heterocycles. The fourth-order valence-electron chi connectivity index (χ4n) is 2.48. The molecule has 2 N–H and O–H groups in total. The van der Waals surface area contributed by atoms with Gasteiger partial charge in [-0.25, -0.2) is 0 Å². The molecule has 2 aromatic rings. The van der Waals surface area contributed by atoms with Crippen LogP contribution in [-0.4, -0.2) is 35.7 Å². The highest BCUT2D eigenvalue weighted by atomic mass is 16.5. The minimum atomic E-state index is -0.190. The van der Waals surface area contributed by atoms with Crippen molar-refractivity contribution in [2.24, 2.45) is 5.92 Å². The van der Waals surface area contributed by atoms with Crippen LogP contribution < -0.4 is 10.6 Å². The zero-order chi connectivity index (χ0) is 14.5. The summed E-state index contributed by atoms with van der Waals surface area (Å²) in [6.45, 7) is 2.80. The van der Waals surface area contributed by atoms with Gasteiger partial charge in [0.05, 0.1) is 0 Å². The molecule has 1 fully saturated rings. The van der Waals surface area contributed by atoms with Crippen LogP contribution in [0, 0.1) is 5.92 Å². The summed E-state index contributed by atoms with van der Waals surface area (Å²) in [5, 5.41) is 10.0. The van der Waals surface area contributed by atoms with Gasteiger partial charge in [0.2, 0.25) is 0 Å². The quantitative estimate of drug-likeness (QED) is 0.870. The smallest absolute Gasteiger partial charge is 0.273 e. The van der Waals surface area contributed by atoms with Gasteiger partial charge in [0.1, 0.15) is 0 Å². The van der Waals surface area contributed by atoms with Gasteiger partial charge in [0.15, 0.2) is 11.5 Å². The number of hydrogen-bond donors (Lipinski definition) is 2. The maximum atomic E-state index is 12.0. The van der Waals surface area contributed by atoms with Gasteiger partial charge in [-0.2, -0.15) is 0 Å². The summed E-state index contributed by atoms with van der Waals surface area (Å²) in [7, 11) is 0. The van der Waals surface area contributed by atoms with Gasteiger partial charge >= 0.3 is 0 Å². The van der Waals surface area contributed by atoms with Crippen molar-refractivity contribution < 1.29 is 9.32 Å². The van der Waals surface area contributed by atoms with E-state index in [0.717, 1.165) is 25.1 Å². The minimum absolute atomic E-state index is 0.190. The lowest BCUT2D eigenvalue weighted by Gasteiger charge is -2.07. The molecular formula is C15H18N4O2. The molecule has 3 heterocycles. The van der Waals surface area contributed by atoms with E-state index in [1.54, 1.807) is 18.5 Å². The Morgan fingerprint density at radius 2 is 2.29 bits per heavy atom. The molecule has 1 atom stereocenters. The Morgan fingerprint density at radius 3 is 3.05 bits per heavy atom. The number of carbonyl (C=O) groups excluding carboxylic acids is 1. The molecule has 3 rings (SSSR count). The lowest BCUT2D eigenvalue weighted by atomic mass is 10.1. The topological polar surface area (TPSA) is 80.0 Å². The summed E-state index contributed by atoms with van der Waals surface area (Å²) in [4.78, 5) is 15.9. The van der Waals surface area contributed by atoms with Crippen LogP contribution in [0.5, 0.6) is 0 Å². The number of hydrogen-bond acceptors (Lipinski definition) is 5. The number of amides is 1. The normalized spacial score (nSPS) is 17.8. The third-order valence-electron chi connectivity index (χ3n) is 3.71. The first-order chi connectivity index (χ1) is 10.3. The standard InChI is InChI=1S/C15H18N4O2/c20-15(18-8-2-11-1-5-17-10-11)13-9-14(21-19-13)12-3-6-16-7-4-12/h3-4,6-7,9,11,17H,1-2,5,8,10H2,(H,18,20). The van der Waals surface area contributed by atoms with E-state index in [1.165, 1.54) is 6.42 Å². The second kappa shape index (κ2) is 6.49. The highest BCUT2D eigenvalue weighted by molar-refractivity contribution is 5.93. The average molecular weight is 286 g/mol. The molecule has 1 unspecified atom stereocenters. The maximum Gasteiger partial charge on any atom is 0.273 e. The van der Waals surface area contributed by atoms with Crippen molar-refractivity contribution in [1.29, 1.82) is 0 Å². The zero-order valence-corrected chi connectivity index (χ0v) is 11.7. The van der Waals surface area contributed by atoms with Gasteiger partial charge in [0, 0.05) is 30.6 Å². The fourth-order valence-corrected chi connectivity index (χ4v) is 2.48. The molecule has 0 spiro atoms. The van der Waals surface area contributed by atoms with Gasteiger partial charge in [0.25, 0.3) is 5.91 Å². The molecule has 110 valence electrons. The molecule has 1 aliphatic heterocycles. The van der Waals surface area contributed by atoms with Crippen LogP contribution in [0.15, 0.2) is 35.1 Å². The molecule has 1 aliphatic rings. The van der Waals surface area contributed by atoms with Crippen molar-refractivity contribution in [2.45, 2.75) is 12.8 Å². The Balaban J connectivity index is 1.54. The Morgan fingerprint density at radius 1 is 1.43 bits per heavy atom. The number of nitrogens with one attached hydrogen (secondary N) is 2. The van der Waals surface area contributed by atoms with Crippen LogP contribution >= 0.6 is 0 Å². The fraction of sp³-hybridized carbons (Fsp3) is 0.400. The summed E-state index contributed by atoms with van der Waals surface area (Å²) in [6, 6.07) is 5.28. The third kappa shape index (κ3) is 3.46. The predicted molar refractivity (Wildman–Crippen MR) is 77.7 cm³/mol. The van der Waals surface area contributed by atoms with Crippen LogP contribution in [0.1, 0.15) is 23.3 Å². The van der Waals surface area contributed by atoms with Crippen molar-refractivity contribution in [2.75, 3.05) is 19.6 Å². The second-order valence-corrected chi connectivity index (χ2v) is 5.22. The molecule has 6 heteroatoms. The molecule has 0 aromatic carbocycles. The van der Waals surface area contributed by atoms with E-state index in [4.69, 9.17) is 4.52 Å². The van der Waals surface area contributed by atoms with Crippen molar-refractivity contribution in [1.82, 2.24) is 20.8 Å². The summed E-state index contributed by atoms with van der Waals surface area (Å²) >= 11 is 0. The van der Waals surface area contributed by atoms with E-state index in [1.807, 2.05) is 12.1 Å². The number of nitrogens with zero attached hydrogens (tertiary/aromatic N) is 2. The SMILES string of the molecule is O=C(NCCC1CCNC1)c1cc(-c2ccncc2)on1. The molecule has 0 bridgehead atoms. The number of aromatic nitrogens is 2. The van der Waals surface area contributed by atoms with Crippen LogP contribution in [0.4, 0.5) is 0 Å². The Bertz CT molecular complexity index is 591. The molecular weight excluding hydrogens is 268 g/mol. The summed E-state index contributed by atoms with van der Waals surface area (Å²) in [5.74, 6) is 1.04. The van der Waals surface area contributed by atoms with Gasteiger partial charge in [-0.05, 0) is 44.0 Å². The third-order valence-corrected chi connectivity index (χ3v) is 3.71. The van der Waals surface area contributed by atoms with E-state index in [-0.39, 0.29) is 5.91 Å². The summed E-state index contributed by atoms with van der Waals surface area (Å²) in [6.07, 6.45) is 5.53. The minimum Gasteiger partial charge on any atom is -0.355 e. The molecule has 1 amide bonds. The van der Waals surface area contributed by atoms with Crippen LogP contribution in [0.25, 0.3) is 11.3 Å². The van der Waals surface area contributed by atoms with Crippen molar-refractivity contribution >= 4 is 5.91 Å². The van der Waals surface area contributed by atoms with Gasteiger partial charge in [-0.1, -0.05) is 5.16 Å². The number of rotatable bonds is 5. The molecule has 0 saturated carbocycles. The number of pyridine rings is 1. The van der Waals surface area contributed by atoms with Gasteiger partial charge in [-0.3, -0.25) is 9.78 Å². The van der Waals surface area contributed by atoms with Crippen molar-refractivity contribution in [3.63, 3.8) is 0 Å². The molecule has 21 heavy (non-hydrogen) atoms. The van der Waals surface area contributed by atoms with E-state index in [0.29, 0.717) is 23.9 Å². The van der Waals surface area contributed by atoms with E-state index >= 15 is 0 Å². The Labute approximate surface area is 122 Å².